The Morgan fingerprint density at radius 1 is 0.974 bits per heavy atom. The zero-order valence-corrected chi connectivity index (χ0v) is 22.1. The lowest BCUT2D eigenvalue weighted by atomic mass is 10.2. The fourth-order valence-electron chi connectivity index (χ4n) is 4.05. The van der Waals surface area contributed by atoms with Crippen molar-refractivity contribution < 1.29 is 18.1 Å². The van der Waals surface area contributed by atoms with Crippen molar-refractivity contribution >= 4 is 33.3 Å². The second-order valence-electron chi connectivity index (χ2n) is 8.61. The van der Waals surface area contributed by atoms with Gasteiger partial charge in [-0.1, -0.05) is 29.8 Å². The monoisotopic (exact) mass is 533 g/mol. The van der Waals surface area contributed by atoms with Gasteiger partial charge < -0.3 is 9.30 Å². The number of hydrogen-bond donors (Lipinski definition) is 2. The summed E-state index contributed by atoms with van der Waals surface area (Å²) in [5, 5.41) is 15.6. The summed E-state index contributed by atoms with van der Waals surface area (Å²) in [5.41, 5.74) is 7.60. The van der Waals surface area contributed by atoms with Crippen molar-refractivity contribution in [3.05, 3.63) is 105 Å². The number of nitrogens with one attached hydrogen (secondary N) is 2. The summed E-state index contributed by atoms with van der Waals surface area (Å²) >= 11 is 0. The van der Waals surface area contributed by atoms with E-state index >= 15 is 0 Å². The Labute approximate surface area is 220 Å². The summed E-state index contributed by atoms with van der Waals surface area (Å²) < 4.78 is 36.3. The number of non-ortho nitro benzene ring substituents is 1. The number of hydrogen-bond acceptors (Lipinski definition) is 7. The summed E-state index contributed by atoms with van der Waals surface area (Å²) in [4.78, 5) is 10.4. The molecule has 0 saturated heterocycles. The average molecular weight is 534 g/mol. The highest BCUT2D eigenvalue weighted by molar-refractivity contribution is 7.93. The van der Waals surface area contributed by atoms with Gasteiger partial charge in [0, 0.05) is 34.8 Å². The van der Waals surface area contributed by atoms with Crippen LogP contribution >= 0.6 is 0 Å². The molecule has 0 bridgehead atoms. The first-order valence-electron chi connectivity index (χ1n) is 11.6. The standard InChI is InChI=1S/C27H27N5O5S/c1-18-9-11-22(12-10-18)31-19(2)15-21(20(31)3)17-28-29-25-14-13-23(32(33)34)16-27(25)38(35,36)30-24-7-5-6-8-26(24)37-4/h5-17,29-30H,1-4H3/b28-17-. The highest BCUT2D eigenvalue weighted by Crippen LogP contribution is 2.31. The van der Waals surface area contributed by atoms with Crippen LogP contribution in [0.5, 0.6) is 5.75 Å². The van der Waals surface area contributed by atoms with Crippen molar-refractivity contribution in [1.29, 1.82) is 0 Å². The van der Waals surface area contributed by atoms with Gasteiger partial charge in [-0.3, -0.25) is 20.3 Å². The highest BCUT2D eigenvalue weighted by atomic mass is 32.2. The molecule has 11 heteroatoms. The number of para-hydroxylation sites is 2. The molecule has 2 N–H and O–H groups in total. The van der Waals surface area contributed by atoms with Crippen molar-refractivity contribution in [1.82, 2.24) is 4.57 Å². The molecule has 0 aliphatic carbocycles. The number of aryl methyl sites for hydroxylation is 2. The maximum absolute atomic E-state index is 13.3. The Morgan fingerprint density at radius 2 is 1.68 bits per heavy atom. The normalized spacial score (nSPS) is 11.5. The van der Waals surface area contributed by atoms with Crippen molar-refractivity contribution in [2.75, 3.05) is 17.3 Å². The van der Waals surface area contributed by atoms with E-state index in [1.807, 2.05) is 51.1 Å². The third kappa shape index (κ3) is 5.52. The van der Waals surface area contributed by atoms with Crippen LogP contribution in [0.4, 0.5) is 17.1 Å². The number of anilines is 2. The Balaban J connectivity index is 1.66. The number of nitrogens with zero attached hydrogens (tertiary/aromatic N) is 3. The molecule has 1 heterocycles. The van der Waals surface area contributed by atoms with Crippen LogP contribution in [-0.4, -0.2) is 31.2 Å². The van der Waals surface area contributed by atoms with Crippen LogP contribution in [0.25, 0.3) is 5.69 Å². The van der Waals surface area contributed by atoms with Gasteiger partial charge in [0.2, 0.25) is 0 Å². The Bertz CT molecular complexity index is 1630. The van der Waals surface area contributed by atoms with Crippen molar-refractivity contribution in [2.45, 2.75) is 25.7 Å². The summed E-state index contributed by atoms with van der Waals surface area (Å²) in [6, 6.07) is 20.1. The summed E-state index contributed by atoms with van der Waals surface area (Å²) in [5.74, 6) is 0.304. The minimum Gasteiger partial charge on any atom is -0.495 e. The van der Waals surface area contributed by atoms with E-state index in [1.54, 1.807) is 24.4 Å². The zero-order chi connectivity index (χ0) is 27.4. The number of ether oxygens (including phenoxy) is 1. The lowest BCUT2D eigenvalue weighted by molar-refractivity contribution is -0.385. The number of methoxy groups -OCH3 is 1. The Morgan fingerprint density at radius 3 is 2.37 bits per heavy atom. The number of hydrazone groups is 1. The van der Waals surface area contributed by atoms with Gasteiger partial charge in [0.05, 0.1) is 29.6 Å². The number of nitro benzene ring substituents is 1. The van der Waals surface area contributed by atoms with E-state index in [0.717, 1.165) is 34.3 Å². The quantitative estimate of drug-likeness (QED) is 0.165. The molecule has 3 aromatic carbocycles. The first-order valence-corrected chi connectivity index (χ1v) is 13.1. The first kappa shape index (κ1) is 26.4. The van der Waals surface area contributed by atoms with Crippen LogP contribution in [0.15, 0.2) is 82.8 Å². The van der Waals surface area contributed by atoms with Crippen molar-refractivity contribution in [3.63, 3.8) is 0 Å². The Hall–Kier alpha value is -4.64. The number of nitro groups is 1. The van der Waals surface area contributed by atoms with Crippen molar-refractivity contribution in [2.24, 2.45) is 5.10 Å². The molecule has 0 radical (unpaired) electrons. The van der Waals surface area contributed by atoms with E-state index in [0.29, 0.717) is 5.75 Å². The molecule has 0 aliphatic heterocycles. The maximum Gasteiger partial charge on any atom is 0.270 e. The van der Waals surface area contributed by atoms with Crippen LogP contribution in [-0.2, 0) is 10.0 Å². The third-order valence-electron chi connectivity index (χ3n) is 5.97. The highest BCUT2D eigenvalue weighted by Gasteiger charge is 2.24. The number of benzene rings is 3. The van der Waals surface area contributed by atoms with Gasteiger partial charge in [-0.05, 0) is 57.2 Å². The largest absolute Gasteiger partial charge is 0.495 e. The summed E-state index contributed by atoms with van der Waals surface area (Å²) in [6.07, 6.45) is 1.58. The van der Waals surface area contributed by atoms with E-state index < -0.39 is 14.9 Å². The number of rotatable bonds is 9. The number of sulfonamides is 1. The predicted octanol–water partition coefficient (Wildman–Crippen LogP) is 5.57. The molecule has 0 spiro atoms. The number of aromatic nitrogens is 1. The van der Waals surface area contributed by atoms with Gasteiger partial charge in [-0.25, -0.2) is 8.42 Å². The first-order chi connectivity index (χ1) is 18.1. The molecule has 10 nitrogen and oxygen atoms in total. The molecule has 1 aromatic heterocycles. The lowest BCUT2D eigenvalue weighted by Gasteiger charge is -2.14. The molecule has 196 valence electrons. The minimum absolute atomic E-state index is 0.0709. The molecule has 0 saturated carbocycles. The molecular weight excluding hydrogens is 506 g/mol. The van der Waals surface area contributed by atoms with E-state index in [-0.39, 0.29) is 22.0 Å². The molecule has 4 rings (SSSR count). The van der Waals surface area contributed by atoms with Gasteiger partial charge in [0.1, 0.15) is 10.6 Å². The fourth-order valence-corrected chi connectivity index (χ4v) is 5.30. The van der Waals surface area contributed by atoms with Gasteiger partial charge in [-0.15, -0.1) is 0 Å². The van der Waals surface area contributed by atoms with Gasteiger partial charge in [0.25, 0.3) is 15.7 Å². The molecule has 0 aliphatic rings. The topological polar surface area (TPSA) is 128 Å². The van der Waals surface area contributed by atoms with Crippen LogP contribution in [0.3, 0.4) is 0 Å². The third-order valence-corrected chi connectivity index (χ3v) is 7.37. The molecule has 0 unspecified atom stereocenters. The maximum atomic E-state index is 13.3. The van der Waals surface area contributed by atoms with Crippen LogP contribution < -0.4 is 14.9 Å². The van der Waals surface area contributed by atoms with E-state index in [9.17, 15) is 18.5 Å². The molecule has 0 atom stereocenters. The summed E-state index contributed by atoms with van der Waals surface area (Å²) in [6.45, 7) is 5.98. The molecule has 4 aromatic rings. The van der Waals surface area contributed by atoms with E-state index in [4.69, 9.17) is 4.74 Å². The van der Waals surface area contributed by atoms with Crippen LogP contribution in [0.2, 0.25) is 0 Å². The van der Waals surface area contributed by atoms with E-state index in [1.165, 1.54) is 25.3 Å². The summed E-state index contributed by atoms with van der Waals surface area (Å²) in [7, 11) is -2.84. The molecule has 0 amide bonds. The molecule has 38 heavy (non-hydrogen) atoms. The van der Waals surface area contributed by atoms with Gasteiger partial charge in [-0.2, -0.15) is 5.10 Å². The minimum atomic E-state index is -4.25. The second kappa shape index (κ2) is 10.8. The van der Waals surface area contributed by atoms with Crippen LogP contribution in [0, 0.1) is 30.9 Å². The zero-order valence-electron chi connectivity index (χ0n) is 21.3. The molecular formula is C27H27N5O5S. The smallest absolute Gasteiger partial charge is 0.270 e. The second-order valence-corrected chi connectivity index (χ2v) is 10.3. The average Bonchev–Trinajstić information content (AvgIpc) is 3.17. The predicted molar refractivity (Wildman–Crippen MR) is 148 cm³/mol. The van der Waals surface area contributed by atoms with Gasteiger partial charge >= 0.3 is 0 Å². The van der Waals surface area contributed by atoms with E-state index in [2.05, 4.69) is 19.8 Å². The van der Waals surface area contributed by atoms with Gasteiger partial charge in [0.15, 0.2) is 0 Å². The lowest BCUT2D eigenvalue weighted by Crippen LogP contribution is -2.15. The van der Waals surface area contributed by atoms with Crippen molar-refractivity contribution in [3.8, 4) is 11.4 Å². The fraction of sp³-hybridized carbons (Fsp3) is 0.148. The Kier molecular flexibility index (Phi) is 7.49. The van der Waals surface area contributed by atoms with Crippen LogP contribution in [0.1, 0.15) is 22.5 Å². The SMILES string of the molecule is COc1ccccc1NS(=O)(=O)c1cc([N+](=O)[O-])ccc1N/N=C\c1cc(C)n(-c2ccc(C)cc2)c1C. The molecule has 0 fully saturated rings.